The molecule has 2 aliphatic heterocycles. The lowest BCUT2D eigenvalue weighted by atomic mass is 9.88. The highest BCUT2D eigenvalue weighted by atomic mass is 19.1. The van der Waals surface area contributed by atoms with Crippen LogP contribution in [0.4, 0.5) is 4.39 Å². The first-order valence-corrected chi connectivity index (χ1v) is 11.1. The van der Waals surface area contributed by atoms with Crippen LogP contribution in [0, 0.1) is 24.2 Å². The van der Waals surface area contributed by atoms with Crippen LogP contribution in [0.2, 0.25) is 0 Å². The number of phenols is 1. The minimum atomic E-state index is -1.07. The van der Waals surface area contributed by atoms with Crippen LogP contribution in [0.25, 0.3) is 16.9 Å². The van der Waals surface area contributed by atoms with Crippen molar-refractivity contribution in [2.75, 3.05) is 0 Å². The Morgan fingerprint density at radius 2 is 2.06 bits per heavy atom. The number of ether oxygens (including phenoxy) is 1. The first-order valence-electron chi connectivity index (χ1n) is 11.1. The number of halogens is 1. The molecule has 7 nitrogen and oxygen atoms in total. The predicted molar refractivity (Wildman–Crippen MR) is 116 cm³/mol. The van der Waals surface area contributed by atoms with Gasteiger partial charge in [-0.25, -0.2) is 9.07 Å². The largest absolute Gasteiger partial charge is 0.507 e. The van der Waals surface area contributed by atoms with Gasteiger partial charge in [0.1, 0.15) is 11.9 Å². The summed E-state index contributed by atoms with van der Waals surface area (Å²) >= 11 is 0. The van der Waals surface area contributed by atoms with E-state index in [-0.39, 0.29) is 17.2 Å². The molecular weight excluding hydrogens is 409 g/mol. The molecule has 0 amide bonds. The molecule has 4 heterocycles. The lowest BCUT2D eigenvalue weighted by Gasteiger charge is -2.37. The summed E-state index contributed by atoms with van der Waals surface area (Å²) in [4.78, 5) is 0. The van der Waals surface area contributed by atoms with Crippen molar-refractivity contribution in [3.05, 3.63) is 48.3 Å². The quantitative estimate of drug-likeness (QED) is 0.653. The fourth-order valence-electron chi connectivity index (χ4n) is 6.06. The van der Waals surface area contributed by atoms with E-state index in [9.17, 15) is 5.11 Å². The molecule has 2 bridgehead atoms. The van der Waals surface area contributed by atoms with Gasteiger partial charge in [0, 0.05) is 42.4 Å². The highest BCUT2D eigenvalue weighted by molar-refractivity contribution is 5.68. The molecule has 0 radical (unpaired) electrons. The Morgan fingerprint density at radius 3 is 2.75 bits per heavy atom. The zero-order valence-electron chi connectivity index (χ0n) is 18.2. The summed E-state index contributed by atoms with van der Waals surface area (Å²) in [5, 5.41) is 26.7. The number of aryl methyl sites for hydroxylation is 1. The van der Waals surface area contributed by atoms with Crippen LogP contribution in [0.1, 0.15) is 26.0 Å². The summed E-state index contributed by atoms with van der Waals surface area (Å²) < 4.78 is 22.9. The maximum Gasteiger partial charge on any atom is 0.233 e. The average molecular weight is 436 g/mol. The minimum absolute atomic E-state index is 0.0380. The zero-order valence-corrected chi connectivity index (χ0v) is 18.2. The van der Waals surface area contributed by atoms with E-state index in [1.54, 1.807) is 28.9 Å². The van der Waals surface area contributed by atoms with E-state index < -0.39 is 12.3 Å². The molecule has 7 unspecified atom stereocenters. The number of aromatic hydroxyl groups is 1. The summed E-state index contributed by atoms with van der Waals surface area (Å²) in [5.41, 5.74) is 2.76. The molecule has 1 aromatic carbocycles. The summed E-state index contributed by atoms with van der Waals surface area (Å²) in [6.45, 7) is 6.32. The second kappa shape index (κ2) is 6.75. The van der Waals surface area contributed by atoms with Crippen LogP contribution in [-0.2, 0) is 0 Å². The van der Waals surface area contributed by atoms with Crippen molar-refractivity contribution in [2.45, 2.75) is 51.6 Å². The topological polar surface area (TPSA) is 85.1 Å². The SMILES string of the molecule is Cc1ccn(-c2ccc(-c3ccc(OC4CC5NC(C4F)C4(C)C(C)C54)nn3)c(O)c2)n1. The van der Waals surface area contributed by atoms with Gasteiger partial charge in [-0.1, -0.05) is 13.8 Å². The van der Waals surface area contributed by atoms with E-state index in [0.29, 0.717) is 41.4 Å². The van der Waals surface area contributed by atoms with Crippen molar-refractivity contribution in [1.82, 2.24) is 25.3 Å². The van der Waals surface area contributed by atoms with E-state index >= 15 is 4.39 Å². The van der Waals surface area contributed by atoms with Gasteiger partial charge in [-0.3, -0.25) is 0 Å². The number of alkyl halides is 1. The number of nitrogens with zero attached hydrogens (tertiary/aromatic N) is 4. The molecule has 1 saturated carbocycles. The normalized spacial score (nSPS) is 34.9. The number of hydrogen-bond acceptors (Lipinski definition) is 6. The average Bonchev–Trinajstić information content (AvgIpc) is 3.05. The highest BCUT2D eigenvalue weighted by Gasteiger charge is 2.74. The second-order valence-electron chi connectivity index (χ2n) is 9.63. The molecular formula is C24H26FN5O2. The molecule has 2 saturated heterocycles. The predicted octanol–water partition coefficient (Wildman–Crippen LogP) is 3.45. The van der Waals surface area contributed by atoms with Gasteiger partial charge in [0.15, 0.2) is 6.17 Å². The fraction of sp³-hybridized carbons (Fsp3) is 0.458. The van der Waals surface area contributed by atoms with Crippen LogP contribution in [0.3, 0.4) is 0 Å². The standard InChI is InChI=1S/C24H26FN5O2/c1-12-8-9-30(29-12)14-4-5-15(18(31)10-14)16-6-7-20(28-27-16)32-19-11-17-21-13(2)24(21,3)23(26-17)22(19)25/h4-10,13,17,19,21-23,26,31H,11H2,1-3H3. The maximum atomic E-state index is 15.2. The fourth-order valence-corrected chi connectivity index (χ4v) is 6.06. The Morgan fingerprint density at radius 1 is 1.22 bits per heavy atom. The van der Waals surface area contributed by atoms with Gasteiger partial charge >= 0.3 is 0 Å². The summed E-state index contributed by atoms with van der Waals surface area (Å²) in [7, 11) is 0. The summed E-state index contributed by atoms with van der Waals surface area (Å²) in [5.74, 6) is 1.48. The molecule has 3 aromatic rings. The molecule has 8 heteroatoms. The third-order valence-electron chi connectivity index (χ3n) is 7.94. The molecule has 166 valence electrons. The van der Waals surface area contributed by atoms with Crippen molar-refractivity contribution in [3.8, 4) is 28.6 Å². The smallest absolute Gasteiger partial charge is 0.233 e. The van der Waals surface area contributed by atoms with Crippen molar-refractivity contribution < 1.29 is 14.2 Å². The summed E-state index contributed by atoms with van der Waals surface area (Å²) in [6.07, 6.45) is 0.884. The molecule has 2 N–H and O–H groups in total. The molecule has 3 fully saturated rings. The van der Waals surface area contributed by atoms with Crippen LogP contribution in [0.5, 0.6) is 11.6 Å². The van der Waals surface area contributed by atoms with Crippen LogP contribution >= 0.6 is 0 Å². The number of phenolic OH excluding ortho intramolecular Hbond substituents is 1. The van der Waals surface area contributed by atoms with E-state index in [4.69, 9.17) is 4.74 Å². The van der Waals surface area contributed by atoms with E-state index in [0.717, 1.165) is 11.4 Å². The van der Waals surface area contributed by atoms with Gasteiger partial charge in [-0.05, 0) is 48.4 Å². The van der Waals surface area contributed by atoms with Gasteiger partial charge in [-0.2, -0.15) is 5.10 Å². The molecule has 2 aromatic heterocycles. The van der Waals surface area contributed by atoms with Gasteiger partial charge in [0.05, 0.1) is 17.1 Å². The number of nitrogens with one attached hydrogen (secondary N) is 1. The van der Waals surface area contributed by atoms with Gasteiger partial charge in [0.2, 0.25) is 5.88 Å². The number of fused-ring (bicyclic) bond motifs is 5. The van der Waals surface area contributed by atoms with Gasteiger partial charge in [-0.15, -0.1) is 10.2 Å². The Labute approximate surface area is 185 Å². The Balaban J connectivity index is 1.18. The highest BCUT2D eigenvalue weighted by Crippen LogP contribution is 2.68. The van der Waals surface area contributed by atoms with Crippen LogP contribution in [-0.4, -0.2) is 49.4 Å². The number of benzene rings is 1. The molecule has 7 atom stereocenters. The number of aromatic nitrogens is 4. The van der Waals surface area contributed by atoms with Crippen molar-refractivity contribution >= 4 is 0 Å². The minimum Gasteiger partial charge on any atom is -0.507 e. The number of hydrogen-bond donors (Lipinski definition) is 2. The van der Waals surface area contributed by atoms with Crippen molar-refractivity contribution in [3.63, 3.8) is 0 Å². The van der Waals surface area contributed by atoms with E-state index in [1.807, 2.05) is 25.3 Å². The monoisotopic (exact) mass is 435 g/mol. The van der Waals surface area contributed by atoms with Gasteiger partial charge < -0.3 is 15.2 Å². The third-order valence-corrected chi connectivity index (χ3v) is 7.94. The lowest BCUT2D eigenvalue weighted by Crippen LogP contribution is -2.56. The number of rotatable bonds is 4. The van der Waals surface area contributed by atoms with Crippen molar-refractivity contribution in [2.24, 2.45) is 17.3 Å². The lowest BCUT2D eigenvalue weighted by molar-refractivity contribution is 0.0199. The summed E-state index contributed by atoms with van der Waals surface area (Å²) in [6, 6.07) is 10.7. The second-order valence-corrected chi connectivity index (χ2v) is 9.63. The molecule has 1 aliphatic carbocycles. The molecule has 3 aliphatic rings. The molecule has 0 spiro atoms. The first-order chi connectivity index (χ1) is 15.4. The van der Waals surface area contributed by atoms with Crippen LogP contribution in [0.15, 0.2) is 42.6 Å². The first kappa shape index (κ1) is 19.7. The van der Waals surface area contributed by atoms with E-state index in [2.05, 4.69) is 34.5 Å². The van der Waals surface area contributed by atoms with E-state index in [1.165, 1.54) is 0 Å². The number of piperidine rings is 2. The Bertz CT molecular complexity index is 1180. The maximum absolute atomic E-state index is 15.2. The van der Waals surface area contributed by atoms with Gasteiger partial charge in [0.25, 0.3) is 0 Å². The third kappa shape index (κ3) is 2.78. The molecule has 6 rings (SSSR count). The van der Waals surface area contributed by atoms with Crippen LogP contribution < -0.4 is 10.1 Å². The Hall–Kier alpha value is -3.00. The Kier molecular flexibility index (Phi) is 4.15. The zero-order chi connectivity index (χ0) is 22.2. The molecule has 32 heavy (non-hydrogen) atoms. The van der Waals surface area contributed by atoms with Crippen molar-refractivity contribution in [1.29, 1.82) is 0 Å².